The highest BCUT2D eigenvalue weighted by Gasteiger charge is 2.00. The molecule has 84 valence electrons. The molecule has 0 spiro atoms. The van der Waals surface area contributed by atoms with Gasteiger partial charge >= 0.3 is 0 Å². The smallest absolute Gasteiger partial charge is 0.222 e. The first kappa shape index (κ1) is 11.1. The van der Waals surface area contributed by atoms with Gasteiger partial charge in [0.15, 0.2) is 0 Å². The van der Waals surface area contributed by atoms with Crippen molar-refractivity contribution < 1.29 is 9.47 Å². The number of halogens is 1. The van der Waals surface area contributed by atoms with E-state index in [0.29, 0.717) is 13.2 Å². The topological polar surface area (TPSA) is 44.2 Å². The van der Waals surface area contributed by atoms with Crippen LogP contribution in [0.1, 0.15) is 0 Å². The van der Waals surface area contributed by atoms with Crippen molar-refractivity contribution in [3.8, 4) is 5.75 Å². The van der Waals surface area contributed by atoms with Crippen LogP contribution in [0.4, 0.5) is 0 Å². The van der Waals surface area contributed by atoms with E-state index in [2.05, 4.69) is 9.97 Å². The Kier molecular flexibility index (Phi) is 3.54. The standard InChI is InChI=1S/C11H11ClN2O2/c1-15-4-5-16-9-2-3-10-8(6-9)7-13-11(12)14-10/h2-3,6-7H,4-5H2,1H3. The van der Waals surface area contributed by atoms with E-state index in [1.165, 1.54) is 0 Å². The summed E-state index contributed by atoms with van der Waals surface area (Å²) < 4.78 is 10.4. The number of nitrogens with zero attached hydrogens (tertiary/aromatic N) is 2. The van der Waals surface area contributed by atoms with Crippen LogP contribution in [0.2, 0.25) is 5.28 Å². The van der Waals surface area contributed by atoms with Crippen LogP contribution in [0, 0.1) is 0 Å². The number of rotatable bonds is 4. The van der Waals surface area contributed by atoms with Gasteiger partial charge in [0.05, 0.1) is 12.1 Å². The van der Waals surface area contributed by atoms with E-state index in [1.807, 2.05) is 18.2 Å². The van der Waals surface area contributed by atoms with E-state index in [0.717, 1.165) is 16.7 Å². The van der Waals surface area contributed by atoms with Crippen molar-refractivity contribution in [2.24, 2.45) is 0 Å². The van der Waals surface area contributed by atoms with Gasteiger partial charge in [-0.3, -0.25) is 0 Å². The summed E-state index contributed by atoms with van der Waals surface area (Å²) in [7, 11) is 1.64. The number of methoxy groups -OCH3 is 1. The quantitative estimate of drug-likeness (QED) is 0.606. The van der Waals surface area contributed by atoms with Crippen LogP contribution in [-0.4, -0.2) is 30.3 Å². The first-order valence-corrected chi connectivity index (χ1v) is 5.21. The molecule has 0 aliphatic heterocycles. The molecule has 4 nitrogen and oxygen atoms in total. The van der Waals surface area contributed by atoms with E-state index in [-0.39, 0.29) is 5.28 Å². The number of hydrogen-bond acceptors (Lipinski definition) is 4. The molecule has 5 heteroatoms. The molecule has 0 radical (unpaired) electrons. The second-order valence-corrected chi connectivity index (χ2v) is 3.54. The number of ether oxygens (including phenoxy) is 2. The molecule has 0 fully saturated rings. The Morgan fingerprint density at radius 2 is 2.19 bits per heavy atom. The van der Waals surface area contributed by atoms with Crippen molar-refractivity contribution in [1.82, 2.24) is 9.97 Å². The molecule has 0 bridgehead atoms. The number of hydrogen-bond donors (Lipinski definition) is 0. The van der Waals surface area contributed by atoms with Gasteiger partial charge in [-0.05, 0) is 29.8 Å². The normalized spacial score (nSPS) is 10.6. The lowest BCUT2D eigenvalue weighted by Gasteiger charge is -2.06. The number of fused-ring (bicyclic) bond motifs is 1. The molecule has 0 atom stereocenters. The Hall–Kier alpha value is -1.39. The van der Waals surface area contributed by atoms with Gasteiger partial charge in [-0.2, -0.15) is 0 Å². The molecule has 2 aromatic rings. The van der Waals surface area contributed by atoms with Crippen molar-refractivity contribution in [3.63, 3.8) is 0 Å². The highest BCUT2D eigenvalue weighted by Crippen LogP contribution is 2.19. The van der Waals surface area contributed by atoms with Crippen LogP contribution in [0.15, 0.2) is 24.4 Å². The maximum absolute atomic E-state index is 5.69. The maximum atomic E-state index is 5.69. The fourth-order valence-corrected chi connectivity index (χ4v) is 1.46. The van der Waals surface area contributed by atoms with Crippen LogP contribution in [-0.2, 0) is 4.74 Å². The summed E-state index contributed by atoms with van der Waals surface area (Å²) in [6.07, 6.45) is 1.67. The monoisotopic (exact) mass is 238 g/mol. The summed E-state index contributed by atoms with van der Waals surface area (Å²) in [6.45, 7) is 1.09. The van der Waals surface area contributed by atoms with Gasteiger partial charge in [-0.25, -0.2) is 9.97 Å². The van der Waals surface area contributed by atoms with Crippen LogP contribution < -0.4 is 4.74 Å². The molecular weight excluding hydrogens is 228 g/mol. The van der Waals surface area contributed by atoms with Gasteiger partial charge in [0.2, 0.25) is 5.28 Å². The zero-order valence-corrected chi connectivity index (χ0v) is 9.57. The van der Waals surface area contributed by atoms with Gasteiger partial charge in [0.25, 0.3) is 0 Å². The van der Waals surface area contributed by atoms with E-state index in [4.69, 9.17) is 21.1 Å². The lowest BCUT2D eigenvalue weighted by molar-refractivity contribution is 0.146. The summed E-state index contributed by atoms with van der Waals surface area (Å²) in [4.78, 5) is 8.01. The molecule has 2 rings (SSSR count). The second kappa shape index (κ2) is 5.09. The van der Waals surface area contributed by atoms with E-state index in [1.54, 1.807) is 13.3 Å². The van der Waals surface area contributed by atoms with Crippen LogP contribution in [0.25, 0.3) is 10.9 Å². The summed E-state index contributed by atoms with van der Waals surface area (Å²) in [5.74, 6) is 0.774. The van der Waals surface area contributed by atoms with Crippen molar-refractivity contribution >= 4 is 22.5 Å². The number of benzene rings is 1. The van der Waals surface area contributed by atoms with Crippen molar-refractivity contribution in [2.45, 2.75) is 0 Å². The van der Waals surface area contributed by atoms with Gasteiger partial charge in [-0.15, -0.1) is 0 Å². The maximum Gasteiger partial charge on any atom is 0.222 e. The molecular formula is C11H11ClN2O2. The highest BCUT2D eigenvalue weighted by molar-refractivity contribution is 6.28. The molecule has 0 aliphatic carbocycles. The van der Waals surface area contributed by atoms with Crippen LogP contribution in [0.3, 0.4) is 0 Å². The SMILES string of the molecule is COCCOc1ccc2nc(Cl)ncc2c1. The predicted molar refractivity (Wildman–Crippen MR) is 61.9 cm³/mol. The molecule has 0 saturated heterocycles. The molecule has 1 aromatic heterocycles. The van der Waals surface area contributed by atoms with Gasteiger partial charge in [0, 0.05) is 18.7 Å². The zero-order chi connectivity index (χ0) is 11.4. The first-order chi connectivity index (χ1) is 7.79. The lowest BCUT2D eigenvalue weighted by atomic mass is 10.2. The summed E-state index contributed by atoms with van der Waals surface area (Å²) in [6, 6.07) is 5.58. The molecule has 0 saturated carbocycles. The Morgan fingerprint density at radius 3 is 3.00 bits per heavy atom. The molecule has 1 aromatic carbocycles. The molecule has 0 N–H and O–H groups in total. The Balaban J connectivity index is 2.20. The third-order valence-electron chi connectivity index (χ3n) is 2.08. The van der Waals surface area contributed by atoms with Crippen molar-refractivity contribution in [2.75, 3.05) is 20.3 Å². The largest absolute Gasteiger partial charge is 0.491 e. The average molecular weight is 239 g/mol. The van der Waals surface area contributed by atoms with Gasteiger partial charge in [-0.1, -0.05) is 0 Å². The first-order valence-electron chi connectivity index (χ1n) is 4.83. The third kappa shape index (κ3) is 2.59. The van der Waals surface area contributed by atoms with Crippen molar-refractivity contribution in [1.29, 1.82) is 0 Å². The van der Waals surface area contributed by atoms with E-state index >= 15 is 0 Å². The second-order valence-electron chi connectivity index (χ2n) is 3.20. The number of aromatic nitrogens is 2. The molecule has 0 amide bonds. The lowest BCUT2D eigenvalue weighted by Crippen LogP contribution is -2.04. The third-order valence-corrected chi connectivity index (χ3v) is 2.26. The average Bonchev–Trinajstić information content (AvgIpc) is 2.29. The summed E-state index contributed by atoms with van der Waals surface area (Å²) >= 11 is 5.69. The molecule has 16 heavy (non-hydrogen) atoms. The predicted octanol–water partition coefficient (Wildman–Crippen LogP) is 2.31. The highest BCUT2D eigenvalue weighted by atomic mass is 35.5. The minimum absolute atomic E-state index is 0.251. The summed E-state index contributed by atoms with van der Waals surface area (Å²) in [5, 5.41) is 1.15. The minimum atomic E-state index is 0.251. The Morgan fingerprint density at radius 1 is 1.31 bits per heavy atom. The van der Waals surface area contributed by atoms with Crippen LogP contribution in [0.5, 0.6) is 5.75 Å². The van der Waals surface area contributed by atoms with E-state index < -0.39 is 0 Å². The minimum Gasteiger partial charge on any atom is -0.491 e. The fourth-order valence-electron chi connectivity index (χ4n) is 1.32. The summed E-state index contributed by atoms with van der Waals surface area (Å²) in [5.41, 5.74) is 0.805. The fraction of sp³-hybridized carbons (Fsp3) is 0.273. The Bertz CT molecular complexity index is 490. The Labute approximate surface area is 98.2 Å². The molecule has 1 heterocycles. The molecule has 0 aliphatic rings. The van der Waals surface area contributed by atoms with Gasteiger partial charge in [0.1, 0.15) is 12.4 Å². The van der Waals surface area contributed by atoms with E-state index in [9.17, 15) is 0 Å². The van der Waals surface area contributed by atoms with Gasteiger partial charge < -0.3 is 9.47 Å². The zero-order valence-electron chi connectivity index (χ0n) is 8.81. The van der Waals surface area contributed by atoms with Crippen molar-refractivity contribution in [3.05, 3.63) is 29.7 Å². The van der Waals surface area contributed by atoms with Crippen LogP contribution >= 0.6 is 11.6 Å². The molecule has 0 unspecified atom stereocenters.